The van der Waals surface area contributed by atoms with Gasteiger partial charge in [-0.1, -0.05) is 0 Å². The van der Waals surface area contributed by atoms with Gasteiger partial charge in [0.2, 0.25) is 11.8 Å². The first-order valence-electron chi connectivity index (χ1n) is 7.96. The van der Waals surface area contributed by atoms with Crippen LogP contribution in [0.15, 0.2) is 17.0 Å². The molecule has 3 rings (SSSR count). The molecule has 0 atom stereocenters. The van der Waals surface area contributed by atoms with Gasteiger partial charge in [0.05, 0.1) is 12.1 Å². The summed E-state index contributed by atoms with van der Waals surface area (Å²) < 4.78 is 0. The second-order valence-corrected chi connectivity index (χ2v) is 7.38. The van der Waals surface area contributed by atoms with Gasteiger partial charge in [0.25, 0.3) is 0 Å². The van der Waals surface area contributed by atoms with E-state index in [1.54, 1.807) is 26.8 Å². The Labute approximate surface area is 158 Å². The molecule has 0 spiro atoms. The minimum atomic E-state index is -0.249. The maximum absolute atomic E-state index is 12.3. The lowest BCUT2D eigenvalue weighted by Crippen LogP contribution is -2.51. The highest BCUT2D eigenvalue weighted by Gasteiger charge is 2.23. The average molecular weight is 394 g/mol. The van der Waals surface area contributed by atoms with E-state index in [0.29, 0.717) is 42.1 Å². The lowest BCUT2D eigenvalue weighted by molar-refractivity contribution is -0.130. The Morgan fingerprint density at radius 3 is 2.46 bits per heavy atom. The topological polar surface area (TPSA) is 108 Å². The molecule has 2 N–H and O–H groups in total. The Kier molecular flexibility index (Phi) is 5.78. The third-order valence-corrected chi connectivity index (χ3v) is 5.29. The molecule has 1 aliphatic heterocycles. The summed E-state index contributed by atoms with van der Waals surface area (Å²) in [6.07, 6.45) is 1.73. The van der Waals surface area contributed by atoms with E-state index in [2.05, 4.69) is 20.6 Å². The highest BCUT2D eigenvalue weighted by Crippen LogP contribution is 2.18. The van der Waals surface area contributed by atoms with E-state index in [1.807, 2.05) is 0 Å². The van der Waals surface area contributed by atoms with Crippen LogP contribution < -0.4 is 10.6 Å². The van der Waals surface area contributed by atoms with Gasteiger partial charge in [-0.15, -0.1) is 22.7 Å². The second-order valence-electron chi connectivity index (χ2n) is 5.63. The monoisotopic (exact) mass is 394 g/mol. The molecule has 0 radical (unpaired) electrons. The fourth-order valence-corrected chi connectivity index (χ4v) is 3.70. The molecule has 138 valence electrons. The van der Waals surface area contributed by atoms with Crippen molar-refractivity contribution >= 4 is 50.8 Å². The fraction of sp³-hybridized carbons (Fsp3) is 0.400. The Morgan fingerprint density at radius 1 is 1.08 bits per heavy atom. The maximum Gasteiger partial charge on any atom is 0.323 e. The lowest BCUT2D eigenvalue weighted by Gasteiger charge is -2.33. The fourth-order valence-electron chi connectivity index (χ4n) is 2.45. The van der Waals surface area contributed by atoms with E-state index in [-0.39, 0.29) is 24.3 Å². The van der Waals surface area contributed by atoms with Gasteiger partial charge in [-0.25, -0.2) is 14.8 Å². The molecule has 2 aromatic rings. The van der Waals surface area contributed by atoms with Gasteiger partial charge >= 0.3 is 6.03 Å². The van der Waals surface area contributed by atoms with Crippen LogP contribution in [0.4, 0.5) is 15.1 Å². The molecule has 3 heterocycles. The third-order valence-electron chi connectivity index (χ3n) is 3.80. The molecule has 11 heteroatoms. The van der Waals surface area contributed by atoms with Crippen molar-refractivity contribution < 1.29 is 14.4 Å². The van der Waals surface area contributed by atoms with Gasteiger partial charge in [0.1, 0.15) is 0 Å². The van der Waals surface area contributed by atoms with Gasteiger partial charge in [-0.3, -0.25) is 14.9 Å². The number of rotatable bonds is 4. The molecule has 0 saturated carbocycles. The summed E-state index contributed by atoms with van der Waals surface area (Å²) in [4.78, 5) is 47.2. The van der Waals surface area contributed by atoms with E-state index in [9.17, 15) is 14.4 Å². The van der Waals surface area contributed by atoms with Gasteiger partial charge in [-0.2, -0.15) is 0 Å². The van der Waals surface area contributed by atoms with Crippen molar-refractivity contribution in [1.29, 1.82) is 0 Å². The molecule has 4 amide bonds. The predicted molar refractivity (Wildman–Crippen MR) is 99.4 cm³/mol. The molecule has 1 fully saturated rings. The SMILES string of the molecule is CC(=O)N1CCN(C(=O)Nc2nc(CC(=O)Nc3nccs3)cs2)CC1. The summed E-state index contributed by atoms with van der Waals surface area (Å²) in [5.74, 6) is -0.186. The highest BCUT2D eigenvalue weighted by molar-refractivity contribution is 7.14. The van der Waals surface area contributed by atoms with Crippen LogP contribution in [0.3, 0.4) is 0 Å². The van der Waals surface area contributed by atoms with E-state index < -0.39 is 0 Å². The number of piperazine rings is 1. The first-order chi connectivity index (χ1) is 12.5. The number of hydrogen-bond donors (Lipinski definition) is 2. The van der Waals surface area contributed by atoms with Crippen molar-refractivity contribution in [3.05, 3.63) is 22.7 Å². The number of nitrogens with zero attached hydrogens (tertiary/aromatic N) is 4. The molecule has 0 aromatic carbocycles. The zero-order valence-corrected chi connectivity index (χ0v) is 15.7. The van der Waals surface area contributed by atoms with E-state index in [1.165, 1.54) is 29.6 Å². The van der Waals surface area contributed by atoms with Crippen molar-refractivity contribution in [2.24, 2.45) is 0 Å². The number of anilines is 2. The molecule has 1 saturated heterocycles. The summed E-state index contributed by atoms with van der Waals surface area (Å²) in [5, 5.41) is 9.95. The van der Waals surface area contributed by atoms with Crippen molar-refractivity contribution in [3.8, 4) is 0 Å². The lowest BCUT2D eigenvalue weighted by atomic mass is 10.3. The van der Waals surface area contributed by atoms with Crippen molar-refractivity contribution in [1.82, 2.24) is 19.8 Å². The first-order valence-corrected chi connectivity index (χ1v) is 9.72. The second kappa shape index (κ2) is 8.23. The predicted octanol–water partition coefficient (Wildman–Crippen LogP) is 1.48. The van der Waals surface area contributed by atoms with Crippen molar-refractivity contribution in [2.45, 2.75) is 13.3 Å². The van der Waals surface area contributed by atoms with Gasteiger partial charge < -0.3 is 15.1 Å². The van der Waals surface area contributed by atoms with Crippen LogP contribution in [0.5, 0.6) is 0 Å². The number of carbonyl (C=O) groups excluding carboxylic acids is 3. The van der Waals surface area contributed by atoms with E-state index in [0.717, 1.165) is 0 Å². The van der Waals surface area contributed by atoms with Crippen LogP contribution in [-0.4, -0.2) is 63.8 Å². The third kappa shape index (κ3) is 4.76. The van der Waals surface area contributed by atoms with Gasteiger partial charge in [-0.05, 0) is 0 Å². The van der Waals surface area contributed by atoms with E-state index in [4.69, 9.17) is 0 Å². The Bertz CT molecular complexity index is 783. The largest absolute Gasteiger partial charge is 0.339 e. The minimum Gasteiger partial charge on any atom is -0.339 e. The standard InChI is InChI=1S/C15H18N6O3S2/c1-10(22)20-3-5-21(6-4-20)15(24)19-14-17-11(9-26-14)8-12(23)18-13-16-2-7-25-13/h2,7,9H,3-6,8H2,1H3,(H,16,18,23)(H,17,19,24). The zero-order valence-electron chi connectivity index (χ0n) is 14.1. The smallest absolute Gasteiger partial charge is 0.323 e. The van der Waals surface area contributed by atoms with Crippen LogP contribution in [0.1, 0.15) is 12.6 Å². The Balaban J connectivity index is 1.48. The summed E-state index contributed by atoms with van der Waals surface area (Å²) in [6, 6.07) is -0.249. The number of aromatic nitrogens is 2. The molecule has 2 aromatic heterocycles. The maximum atomic E-state index is 12.3. The molecule has 9 nitrogen and oxygen atoms in total. The van der Waals surface area contributed by atoms with Crippen LogP contribution in [0.25, 0.3) is 0 Å². The van der Waals surface area contributed by atoms with Crippen LogP contribution in [-0.2, 0) is 16.0 Å². The molecule has 0 aliphatic carbocycles. The summed E-state index contributed by atoms with van der Waals surface area (Å²) in [7, 11) is 0. The molecule has 0 unspecified atom stereocenters. The Hall–Kier alpha value is -2.53. The number of hydrogen-bond acceptors (Lipinski definition) is 7. The zero-order chi connectivity index (χ0) is 18.5. The van der Waals surface area contributed by atoms with Gasteiger partial charge in [0, 0.05) is 50.1 Å². The van der Waals surface area contributed by atoms with Crippen LogP contribution >= 0.6 is 22.7 Å². The van der Waals surface area contributed by atoms with Crippen LogP contribution in [0.2, 0.25) is 0 Å². The van der Waals surface area contributed by atoms with Crippen LogP contribution in [0, 0.1) is 0 Å². The van der Waals surface area contributed by atoms with E-state index >= 15 is 0 Å². The first kappa shape index (κ1) is 18.3. The molecular weight excluding hydrogens is 376 g/mol. The normalized spacial score (nSPS) is 14.2. The van der Waals surface area contributed by atoms with Gasteiger partial charge in [0.15, 0.2) is 10.3 Å². The van der Waals surface area contributed by atoms with Crippen molar-refractivity contribution in [3.63, 3.8) is 0 Å². The highest BCUT2D eigenvalue weighted by atomic mass is 32.1. The molecular formula is C15H18N6O3S2. The molecule has 1 aliphatic rings. The summed E-state index contributed by atoms with van der Waals surface area (Å²) in [6.45, 7) is 3.56. The number of thiazole rings is 2. The minimum absolute atomic E-state index is 0.0191. The number of nitrogens with one attached hydrogen (secondary N) is 2. The number of carbonyl (C=O) groups is 3. The molecule has 0 bridgehead atoms. The van der Waals surface area contributed by atoms with Crippen molar-refractivity contribution in [2.75, 3.05) is 36.8 Å². The quantitative estimate of drug-likeness (QED) is 0.817. The molecule has 26 heavy (non-hydrogen) atoms. The summed E-state index contributed by atoms with van der Waals surface area (Å²) in [5.41, 5.74) is 0.584. The average Bonchev–Trinajstić information content (AvgIpc) is 3.27. The Morgan fingerprint density at radius 2 is 1.81 bits per heavy atom. The number of amides is 4. The number of urea groups is 1. The summed E-state index contributed by atoms with van der Waals surface area (Å²) >= 11 is 2.62.